The predicted octanol–water partition coefficient (Wildman–Crippen LogP) is 2.57. The van der Waals surface area contributed by atoms with E-state index in [-0.39, 0.29) is 11.1 Å². The lowest BCUT2D eigenvalue weighted by molar-refractivity contribution is 0.0516. The van der Waals surface area contributed by atoms with Crippen LogP contribution in [0.15, 0.2) is 5.38 Å². The van der Waals surface area contributed by atoms with Crippen molar-refractivity contribution < 1.29 is 9.53 Å². The van der Waals surface area contributed by atoms with E-state index in [4.69, 9.17) is 4.74 Å². The van der Waals surface area contributed by atoms with Crippen LogP contribution in [0.4, 0.5) is 0 Å². The summed E-state index contributed by atoms with van der Waals surface area (Å²) in [6.45, 7) is 10.6. The first kappa shape index (κ1) is 15.6. The molecule has 0 radical (unpaired) electrons. The van der Waals surface area contributed by atoms with Crippen LogP contribution in [0.3, 0.4) is 0 Å². The number of aryl methyl sites for hydroxylation is 1. The number of ether oxygens (including phenoxy) is 1. The third-order valence-corrected chi connectivity index (χ3v) is 3.71. The summed E-state index contributed by atoms with van der Waals surface area (Å²) in [7, 11) is 0. The molecule has 0 N–H and O–H groups in total. The average Bonchev–Trinajstić information content (AvgIpc) is 2.96. The van der Waals surface area contributed by atoms with Gasteiger partial charge in [-0.05, 0) is 13.8 Å². The number of nitrogens with zero attached hydrogens (tertiary/aromatic N) is 4. The molecule has 0 unspecified atom stereocenters. The Hall–Kier alpha value is -1.76. The number of carbonyl (C=O) groups is 1. The molecule has 114 valence electrons. The first-order valence-corrected chi connectivity index (χ1v) is 7.73. The van der Waals surface area contributed by atoms with E-state index in [1.54, 1.807) is 22.9 Å². The van der Waals surface area contributed by atoms with Crippen molar-refractivity contribution >= 4 is 17.3 Å². The first-order valence-electron chi connectivity index (χ1n) is 6.85. The van der Waals surface area contributed by atoms with Crippen LogP contribution in [-0.2, 0) is 16.7 Å². The van der Waals surface area contributed by atoms with Crippen molar-refractivity contribution in [1.29, 1.82) is 0 Å². The third kappa shape index (κ3) is 3.47. The van der Waals surface area contributed by atoms with Crippen LogP contribution in [0.1, 0.15) is 54.6 Å². The third-order valence-electron chi connectivity index (χ3n) is 2.89. The molecule has 0 aliphatic heterocycles. The van der Waals surface area contributed by atoms with Crippen molar-refractivity contribution in [3.05, 3.63) is 27.5 Å². The highest BCUT2D eigenvalue weighted by molar-refractivity contribution is 7.09. The van der Waals surface area contributed by atoms with Crippen molar-refractivity contribution in [2.24, 2.45) is 0 Å². The molecule has 0 atom stereocenters. The minimum absolute atomic E-state index is 0.267. The Morgan fingerprint density at radius 2 is 2.14 bits per heavy atom. The van der Waals surface area contributed by atoms with Crippen LogP contribution < -0.4 is 0 Å². The lowest BCUT2D eigenvalue weighted by atomic mass is 9.90. The van der Waals surface area contributed by atoms with E-state index in [2.05, 4.69) is 15.3 Å². The normalized spacial score (nSPS) is 11.7. The average molecular weight is 308 g/mol. The molecule has 2 aromatic rings. The van der Waals surface area contributed by atoms with Gasteiger partial charge in [-0.1, -0.05) is 26.0 Å². The number of aromatic nitrogens is 4. The number of hydrogen-bond donors (Lipinski definition) is 0. The van der Waals surface area contributed by atoms with Crippen LogP contribution in [0, 0.1) is 6.92 Å². The molecule has 2 aromatic heterocycles. The summed E-state index contributed by atoms with van der Waals surface area (Å²) in [5, 5.41) is 11.1. The fraction of sp³-hybridized carbons (Fsp3) is 0.571. The fourth-order valence-electron chi connectivity index (χ4n) is 2.14. The van der Waals surface area contributed by atoms with E-state index in [1.165, 1.54) is 0 Å². The molecule has 0 aromatic carbocycles. The Balaban J connectivity index is 2.39. The standard InChI is InChI=1S/C14H20N4O2S/c1-6-20-13(19)11-12(14(3,4)5)18(17-16-11)7-10-8-21-9(2)15-10/h8H,6-7H2,1-5H3. The molecule has 0 fully saturated rings. The van der Waals surface area contributed by atoms with Gasteiger partial charge in [-0.3, -0.25) is 0 Å². The molecule has 0 spiro atoms. The lowest BCUT2D eigenvalue weighted by Gasteiger charge is -2.20. The monoisotopic (exact) mass is 308 g/mol. The summed E-state index contributed by atoms with van der Waals surface area (Å²) < 4.78 is 6.80. The first-order chi connectivity index (χ1) is 9.82. The number of thiazole rings is 1. The number of rotatable bonds is 4. The van der Waals surface area contributed by atoms with E-state index in [9.17, 15) is 4.79 Å². The van der Waals surface area contributed by atoms with Gasteiger partial charge in [0.15, 0.2) is 5.69 Å². The van der Waals surface area contributed by atoms with Gasteiger partial charge >= 0.3 is 5.97 Å². The maximum atomic E-state index is 12.0. The maximum Gasteiger partial charge on any atom is 0.360 e. The summed E-state index contributed by atoms with van der Waals surface area (Å²) in [5.41, 5.74) is 1.71. The van der Waals surface area contributed by atoms with Crippen molar-refractivity contribution in [3.8, 4) is 0 Å². The second kappa shape index (κ2) is 5.93. The van der Waals surface area contributed by atoms with E-state index < -0.39 is 5.97 Å². The SMILES string of the molecule is CCOC(=O)c1nnn(Cc2csc(C)n2)c1C(C)(C)C. The number of carbonyl (C=O) groups excluding carboxylic acids is 1. The Kier molecular flexibility index (Phi) is 4.41. The summed E-state index contributed by atoms with van der Waals surface area (Å²) in [5.74, 6) is -0.428. The van der Waals surface area contributed by atoms with Crippen LogP contribution in [-0.4, -0.2) is 32.6 Å². The largest absolute Gasteiger partial charge is 0.461 e. The second-order valence-electron chi connectivity index (χ2n) is 5.77. The van der Waals surface area contributed by atoms with Crippen molar-refractivity contribution in [2.75, 3.05) is 6.61 Å². The molecule has 0 aliphatic rings. The molecular formula is C14H20N4O2S. The molecule has 7 heteroatoms. The maximum absolute atomic E-state index is 12.0. The minimum Gasteiger partial charge on any atom is -0.461 e. The van der Waals surface area contributed by atoms with Crippen LogP contribution in [0.2, 0.25) is 0 Å². The summed E-state index contributed by atoms with van der Waals surface area (Å²) >= 11 is 1.59. The van der Waals surface area contributed by atoms with Gasteiger partial charge in [0, 0.05) is 10.8 Å². The van der Waals surface area contributed by atoms with E-state index in [1.807, 2.05) is 33.1 Å². The molecule has 2 rings (SSSR count). The van der Waals surface area contributed by atoms with Crippen molar-refractivity contribution in [2.45, 2.75) is 46.6 Å². The lowest BCUT2D eigenvalue weighted by Crippen LogP contribution is -2.23. The Labute approximate surface area is 128 Å². The van der Waals surface area contributed by atoms with E-state index in [0.29, 0.717) is 13.2 Å². The molecule has 6 nitrogen and oxygen atoms in total. The van der Waals surface area contributed by atoms with Gasteiger partial charge in [-0.2, -0.15) is 0 Å². The summed E-state index contributed by atoms with van der Waals surface area (Å²) in [6, 6.07) is 0. The highest BCUT2D eigenvalue weighted by atomic mass is 32.1. The van der Waals surface area contributed by atoms with Gasteiger partial charge in [-0.25, -0.2) is 14.5 Å². The van der Waals surface area contributed by atoms with E-state index >= 15 is 0 Å². The molecule has 21 heavy (non-hydrogen) atoms. The van der Waals surface area contributed by atoms with Crippen LogP contribution >= 0.6 is 11.3 Å². The van der Waals surface area contributed by atoms with Crippen LogP contribution in [0.25, 0.3) is 0 Å². The molecule has 0 saturated heterocycles. The topological polar surface area (TPSA) is 69.9 Å². The van der Waals surface area contributed by atoms with Crippen molar-refractivity contribution in [1.82, 2.24) is 20.0 Å². The predicted molar refractivity (Wildman–Crippen MR) is 80.6 cm³/mol. The number of hydrogen-bond acceptors (Lipinski definition) is 6. The molecule has 2 heterocycles. The Morgan fingerprint density at radius 3 is 2.67 bits per heavy atom. The van der Waals surface area contributed by atoms with Crippen molar-refractivity contribution in [3.63, 3.8) is 0 Å². The van der Waals surface area contributed by atoms with Gasteiger partial charge in [0.05, 0.1) is 29.5 Å². The minimum atomic E-state index is -0.428. The molecule has 0 saturated carbocycles. The van der Waals surface area contributed by atoms with Crippen LogP contribution in [0.5, 0.6) is 0 Å². The zero-order chi connectivity index (χ0) is 15.6. The summed E-state index contributed by atoms with van der Waals surface area (Å²) in [4.78, 5) is 16.5. The van der Waals surface area contributed by atoms with Gasteiger partial charge < -0.3 is 4.74 Å². The number of esters is 1. The zero-order valence-corrected chi connectivity index (χ0v) is 13.8. The highest BCUT2D eigenvalue weighted by Crippen LogP contribution is 2.26. The Bertz CT molecular complexity index is 640. The molecule has 0 bridgehead atoms. The van der Waals surface area contributed by atoms with E-state index in [0.717, 1.165) is 16.4 Å². The fourth-order valence-corrected chi connectivity index (χ4v) is 2.74. The molecular weight excluding hydrogens is 288 g/mol. The molecule has 0 aliphatic carbocycles. The summed E-state index contributed by atoms with van der Waals surface area (Å²) in [6.07, 6.45) is 0. The van der Waals surface area contributed by atoms with Gasteiger partial charge in [0.2, 0.25) is 0 Å². The van der Waals surface area contributed by atoms with Gasteiger partial charge in [0.1, 0.15) is 0 Å². The highest BCUT2D eigenvalue weighted by Gasteiger charge is 2.30. The quantitative estimate of drug-likeness (QED) is 0.812. The zero-order valence-electron chi connectivity index (χ0n) is 13.0. The second-order valence-corrected chi connectivity index (χ2v) is 6.83. The van der Waals surface area contributed by atoms with Gasteiger partial charge in [0.25, 0.3) is 0 Å². The van der Waals surface area contributed by atoms with Gasteiger partial charge in [-0.15, -0.1) is 16.4 Å². The smallest absolute Gasteiger partial charge is 0.360 e. The Morgan fingerprint density at radius 1 is 1.43 bits per heavy atom. The molecule has 0 amide bonds.